The van der Waals surface area contributed by atoms with Crippen LogP contribution in [0.5, 0.6) is 0 Å². The lowest BCUT2D eigenvalue weighted by Crippen LogP contribution is -1.93. The van der Waals surface area contributed by atoms with Gasteiger partial charge in [-0.1, -0.05) is 41.9 Å². The average Bonchev–Trinajstić information content (AvgIpc) is 1.61. The monoisotopic (exact) mass is 161 g/mol. The van der Waals surface area contributed by atoms with Crippen LogP contribution in [0.1, 0.15) is 13.8 Å². The van der Waals surface area contributed by atoms with E-state index in [9.17, 15) is 0 Å². The third-order valence-electron chi connectivity index (χ3n) is 0.747. The van der Waals surface area contributed by atoms with Crippen molar-refractivity contribution in [3.05, 3.63) is 0 Å². The summed E-state index contributed by atoms with van der Waals surface area (Å²) in [5.74, 6) is 0.748. The van der Waals surface area contributed by atoms with Crippen LogP contribution in [0.3, 0.4) is 0 Å². The highest BCUT2D eigenvalue weighted by Gasteiger charge is 1.92. The molecule has 0 heterocycles. The minimum Gasteiger partial charge on any atom is -0.0936 e. The van der Waals surface area contributed by atoms with E-state index in [-0.39, 0.29) is 0 Å². The minimum absolute atomic E-state index is 0.748. The average molecular weight is 162 g/mol. The maximum absolute atomic E-state index is 3.35. The summed E-state index contributed by atoms with van der Waals surface area (Å²) in [4.78, 5) is 0. The number of rotatable bonds is 3. The van der Waals surface area contributed by atoms with Gasteiger partial charge in [0.2, 0.25) is 0 Å². The van der Waals surface area contributed by atoms with E-state index in [1.807, 2.05) is 0 Å². The zero-order chi connectivity index (χ0) is 5.70. The van der Waals surface area contributed by atoms with Crippen molar-refractivity contribution in [2.75, 3.05) is 5.33 Å². The van der Waals surface area contributed by atoms with Crippen LogP contribution >= 0.6 is 15.9 Å². The van der Waals surface area contributed by atoms with Gasteiger partial charge in [0, 0.05) is 0 Å². The van der Waals surface area contributed by atoms with Crippen LogP contribution in [0.4, 0.5) is 0 Å². The fraction of sp³-hybridized carbons (Fsp3) is 1.00. The summed E-state index contributed by atoms with van der Waals surface area (Å²) in [6.45, 7) is 4.39. The molecule has 0 unspecified atom stereocenters. The molecule has 2 heteroatoms. The highest BCUT2D eigenvalue weighted by Crippen LogP contribution is 2.00. The Morgan fingerprint density at radius 2 is 2.14 bits per heavy atom. The fourth-order valence-corrected chi connectivity index (χ4v) is 0.661. The molecule has 0 rings (SSSR count). The summed E-state index contributed by atoms with van der Waals surface area (Å²) in [6.07, 6.45) is 1.19. The number of hydrogen-bond acceptors (Lipinski definition) is 0. The summed E-state index contributed by atoms with van der Waals surface area (Å²) in [5, 5.41) is 1.10. The first-order chi connectivity index (χ1) is 3.27. The normalized spacial score (nSPS) is 9.71. The van der Waals surface area contributed by atoms with Crippen LogP contribution in [0.25, 0.3) is 0 Å². The van der Waals surface area contributed by atoms with Crippen molar-refractivity contribution in [2.45, 2.75) is 26.0 Å². The maximum Gasteiger partial charge on any atom is 0.113 e. The predicted octanol–water partition coefficient (Wildman–Crippen LogP) is 2.33. The van der Waals surface area contributed by atoms with E-state index in [1.54, 1.807) is 0 Å². The molecule has 0 aromatic rings. The Kier molecular flexibility index (Phi) is 5.06. The van der Waals surface area contributed by atoms with E-state index in [0.29, 0.717) is 0 Å². The molecule has 0 aliphatic heterocycles. The molecule has 41 valence electrons. The second kappa shape index (κ2) is 4.70. The van der Waals surface area contributed by atoms with E-state index < -0.39 is 0 Å². The van der Waals surface area contributed by atoms with Gasteiger partial charge in [0.1, 0.15) is 7.28 Å². The standard InChI is InChI=1S/C5H11BBr/c1-5(2)6-3-4-7/h5H,3-4H2,1-2H3. The van der Waals surface area contributed by atoms with E-state index >= 15 is 0 Å². The van der Waals surface area contributed by atoms with Gasteiger partial charge >= 0.3 is 0 Å². The predicted molar refractivity (Wildman–Crippen MR) is 39.5 cm³/mol. The van der Waals surface area contributed by atoms with Crippen LogP contribution < -0.4 is 0 Å². The molecule has 0 aliphatic rings. The second-order valence-corrected chi connectivity index (χ2v) is 2.75. The molecule has 0 atom stereocenters. The smallest absolute Gasteiger partial charge is 0.0936 e. The van der Waals surface area contributed by atoms with Crippen molar-refractivity contribution < 1.29 is 0 Å². The molecule has 0 aromatic carbocycles. The molecule has 0 nitrogen and oxygen atoms in total. The Balaban J connectivity index is 2.68. The lowest BCUT2D eigenvalue weighted by atomic mass is 9.64. The SMILES string of the molecule is CC(C)[B]CCBr. The summed E-state index contributed by atoms with van der Waals surface area (Å²) >= 11 is 3.35. The first kappa shape index (κ1) is 7.54. The molecule has 0 fully saturated rings. The zero-order valence-corrected chi connectivity index (χ0v) is 6.53. The largest absolute Gasteiger partial charge is 0.113 e. The topological polar surface area (TPSA) is 0 Å². The molecule has 0 aliphatic carbocycles. The van der Waals surface area contributed by atoms with Crippen molar-refractivity contribution in [2.24, 2.45) is 0 Å². The Morgan fingerprint density at radius 1 is 1.57 bits per heavy atom. The van der Waals surface area contributed by atoms with Gasteiger partial charge in [-0.15, -0.1) is 0 Å². The van der Waals surface area contributed by atoms with Gasteiger partial charge in [-0.05, 0) is 5.33 Å². The summed E-state index contributed by atoms with van der Waals surface area (Å²) in [7, 11) is 2.30. The molecule has 0 spiro atoms. The fourth-order valence-electron chi connectivity index (χ4n) is 0.396. The Bertz CT molecular complexity index is 37.1. The minimum atomic E-state index is 0.748. The van der Waals surface area contributed by atoms with E-state index in [1.165, 1.54) is 6.32 Å². The van der Waals surface area contributed by atoms with Crippen LogP contribution in [-0.2, 0) is 0 Å². The highest BCUT2D eigenvalue weighted by atomic mass is 79.9. The Morgan fingerprint density at radius 3 is 2.29 bits per heavy atom. The molecule has 0 bridgehead atoms. The van der Waals surface area contributed by atoms with Gasteiger partial charge in [-0.3, -0.25) is 0 Å². The van der Waals surface area contributed by atoms with Crippen molar-refractivity contribution in [3.63, 3.8) is 0 Å². The van der Waals surface area contributed by atoms with E-state index in [2.05, 4.69) is 37.1 Å². The van der Waals surface area contributed by atoms with Gasteiger partial charge in [0.15, 0.2) is 0 Å². The molecule has 0 N–H and O–H groups in total. The van der Waals surface area contributed by atoms with E-state index in [0.717, 1.165) is 11.1 Å². The molecule has 0 amide bonds. The Labute approximate surface area is 55.1 Å². The zero-order valence-electron chi connectivity index (χ0n) is 4.95. The summed E-state index contributed by atoms with van der Waals surface area (Å²) < 4.78 is 0. The van der Waals surface area contributed by atoms with Gasteiger partial charge in [0.05, 0.1) is 0 Å². The molecule has 0 saturated heterocycles. The molecule has 0 saturated carbocycles. The van der Waals surface area contributed by atoms with Gasteiger partial charge in [-0.25, -0.2) is 0 Å². The number of halogens is 1. The van der Waals surface area contributed by atoms with Crippen molar-refractivity contribution in [3.8, 4) is 0 Å². The van der Waals surface area contributed by atoms with E-state index in [4.69, 9.17) is 0 Å². The van der Waals surface area contributed by atoms with Crippen molar-refractivity contribution in [1.29, 1.82) is 0 Å². The number of alkyl halides is 1. The highest BCUT2D eigenvalue weighted by molar-refractivity contribution is 9.09. The third kappa shape index (κ3) is 6.54. The lowest BCUT2D eigenvalue weighted by molar-refractivity contribution is 1.05. The first-order valence-electron chi connectivity index (χ1n) is 2.66. The van der Waals surface area contributed by atoms with Gasteiger partial charge in [0.25, 0.3) is 0 Å². The Hall–Kier alpha value is 0.545. The first-order valence-corrected chi connectivity index (χ1v) is 3.79. The molecule has 7 heavy (non-hydrogen) atoms. The van der Waals surface area contributed by atoms with Crippen LogP contribution in [0, 0.1) is 0 Å². The quantitative estimate of drug-likeness (QED) is 0.441. The van der Waals surface area contributed by atoms with Gasteiger partial charge < -0.3 is 0 Å². The van der Waals surface area contributed by atoms with Crippen LogP contribution in [0.15, 0.2) is 0 Å². The molecule has 1 radical (unpaired) electrons. The summed E-state index contributed by atoms with van der Waals surface area (Å²) in [5.41, 5.74) is 0. The summed E-state index contributed by atoms with van der Waals surface area (Å²) in [6, 6.07) is 0. The third-order valence-corrected chi connectivity index (χ3v) is 1.21. The van der Waals surface area contributed by atoms with Crippen LogP contribution in [-0.4, -0.2) is 12.6 Å². The molecular formula is C5H11BBr. The number of hydrogen-bond donors (Lipinski definition) is 0. The van der Waals surface area contributed by atoms with Crippen LogP contribution in [0.2, 0.25) is 12.1 Å². The molecular weight excluding hydrogens is 151 g/mol. The van der Waals surface area contributed by atoms with Crippen molar-refractivity contribution >= 4 is 23.2 Å². The van der Waals surface area contributed by atoms with Gasteiger partial charge in [-0.2, -0.15) is 0 Å². The van der Waals surface area contributed by atoms with Crippen molar-refractivity contribution in [1.82, 2.24) is 0 Å². The second-order valence-electron chi connectivity index (χ2n) is 1.96. The maximum atomic E-state index is 3.35. The molecule has 0 aromatic heterocycles. The lowest BCUT2D eigenvalue weighted by Gasteiger charge is -1.95.